The molecule has 8 aromatic rings. The third-order valence-corrected chi connectivity index (χ3v) is 10.9. The van der Waals surface area contributed by atoms with Crippen molar-refractivity contribution in [1.82, 2.24) is 9.97 Å². The average Bonchev–Trinajstić information content (AvgIpc) is 3.49. The van der Waals surface area contributed by atoms with Crippen LogP contribution in [0.2, 0.25) is 0 Å². The molecule has 238 valence electrons. The minimum absolute atomic E-state index is 0.557. The maximum atomic E-state index is 7.00. The number of ether oxygens (including phenoxy) is 1. The number of hydrogen-bond donors (Lipinski definition) is 0. The quantitative estimate of drug-likeness (QED) is 0.191. The molecule has 1 aromatic heterocycles. The van der Waals surface area contributed by atoms with Gasteiger partial charge in [-0.05, 0) is 80.9 Å². The second kappa shape index (κ2) is 10.7. The number of rotatable bonds is 3. The standard InChI is InChI=1S/C48H30N2O/c1-2-13-30(14-3-1)42-29-43(34-27-32-17-10-15-31-16-11-18-33(28-34)45(31)32)50-47(49-42)37-21-12-25-41-46(37)51-44-26-9-8-24-40(44)48(41)38-22-6-4-19-35(38)36-20-5-7-23-39(36)48/h1-15,17-29H,16H2. The molecule has 2 heterocycles. The van der Waals surface area contributed by atoms with Gasteiger partial charge < -0.3 is 4.74 Å². The Kier molecular flexibility index (Phi) is 5.94. The molecule has 0 radical (unpaired) electrons. The molecule has 51 heavy (non-hydrogen) atoms. The van der Waals surface area contributed by atoms with Gasteiger partial charge in [-0.2, -0.15) is 0 Å². The smallest absolute Gasteiger partial charge is 0.164 e. The molecule has 0 amide bonds. The van der Waals surface area contributed by atoms with Crippen molar-refractivity contribution in [2.24, 2.45) is 0 Å². The van der Waals surface area contributed by atoms with Gasteiger partial charge >= 0.3 is 0 Å². The zero-order valence-electron chi connectivity index (χ0n) is 27.7. The van der Waals surface area contributed by atoms with E-state index in [0.29, 0.717) is 5.82 Å². The van der Waals surface area contributed by atoms with E-state index in [9.17, 15) is 0 Å². The second-order valence-corrected chi connectivity index (χ2v) is 13.6. The highest BCUT2D eigenvalue weighted by molar-refractivity contribution is 5.98. The lowest BCUT2D eigenvalue weighted by atomic mass is 9.66. The number of para-hydroxylation sites is 2. The molecule has 11 rings (SSSR count). The van der Waals surface area contributed by atoms with E-state index in [1.54, 1.807) is 0 Å². The third-order valence-electron chi connectivity index (χ3n) is 10.9. The lowest BCUT2D eigenvalue weighted by molar-refractivity contribution is 0.437. The fourth-order valence-corrected chi connectivity index (χ4v) is 8.83. The number of allylic oxidation sites excluding steroid dienone is 1. The summed E-state index contributed by atoms with van der Waals surface area (Å²) in [7, 11) is 0. The van der Waals surface area contributed by atoms with Gasteiger partial charge in [0.05, 0.1) is 22.4 Å². The summed E-state index contributed by atoms with van der Waals surface area (Å²) in [6, 6.07) is 56.3. The molecule has 3 heteroatoms. The maximum absolute atomic E-state index is 7.00. The molecule has 0 saturated heterocycles. The van der Waals surface area contributed by atoms with Crippen molar-refractivity contribution >= 4 is 16.8 Å². The Hall–Kier alpha value is -6.58. The monoisotopic (exact) mass is 650 g/mol. The van der Waals surface area contributed by atoms with E-state index >= 15 is 0 Å². The molecule has 0 saturated carbocycles. The SMILES string of the molecule is C1=Cc2cc(-c3cc(-c4ccccc4)nc(-c4cccc5c4Oc4ccccc4C54c5ccccc5-c5ccccc54)n3)cc3cccc(c23)C1. The predicted octanol–water partition coefficient (Wildman–Crippen LogP) is 11.7. The van der Waals surface area contributed by atoms with Crippen LogP contribution in [0.15, 0.2) is 164 Å². The highest BCUT2D eigenvalue weighted by Gasteiger charge is 2.51. The largest absolute Gasteiger partial charge is 0.456 e. The molecule has 0 N–H and O–H groups in total. The van der Waals surface area contributed by atoms with Gasteiger partial charge in [-0.15, -0.1) is 0 Å². The highest BCUT2D eigenvalue weighted by atomic mass is 16.5. The molecule has 3 nitrogen and oxygen atoms in total. The van der Waals surface area contributed by atoms with Gasteiger partial charge in [0, 0.05) is 22.3 Å². The summed E-state index contributed by atoms with van der Waals surface area (Å²) in [5.41, 5.74) is 14.0. The van der Waals surface area contributed by atoms with Gasteiger partial charge in [0.2, 0.25) is 0 Å². The Morgan fingerprint density at radius 1 is 0.510 bits per heavy atom. The number of hydrogen-bond acceptors (Lipinski definition) is 3. The van der Waals surface area contributed by atoms with Crippen molar-refractivity contribution in [3.63, 3.8) is 0 Å². The van der Waals surface area contributed by atoms with Crippen LogP contribution in [-0.2, 0) is 11.8 Å². The average molecular weight is 651 g/mol. The van der Waals surface area contributed by atoms with E-state index in [1.807, 2.05) is 6.07 Å². The minimum Gasteiger partial charge on any atom is -0.456 e. The summed E-state index contributed by atoms with van der Waals surface area (Å²) in [5, 5.41) is 2.55. The van der Waals surface area contributed by atoms with Crippen LogP contribution < -0.4 is 4.74 Å². The third kappa shape index (κ3) is 4.00. The van der Waals surface area contributed by atoms with Gasteiger partial charge in [0.15, 0.2) is 5.82 Å². The molecule has 2 aliphatic carbocycles. The normalized spacial score (nSPS) is 14.0. The zero-order chi connectivity index (χ0) is 33.5. The molecule has 1 aliphatic heterocycles. The minimum atomic E-state index is -0.557. The summed E-state index contributed by atoms with van der Waals surface area (Å²) in [6.07, 6.45) is 5.45. The first-order valence-corrected chi connectivity index (χ1v) is 17.5. The van der Waals surface area contributed by atoms with Crippen molar-refractivity contribution in [3.8, 4) is 56.5 Å². The topological polar surface area (TPSA) is 35.0 Å². The first-order valence-electron chi connectivity index (χ1n) is 17.5. The van der Waals surface area contributed by atoms with Crippen LogP contribution in [0.3, 0.4) is 0 Å². The molecule has 0 atom stereocenters. The van der Waals surface area contributed by atoms with E-state index in [1.165, 1.54) is 44.2 Å². The molecule has 7 aromatic carbocycles. The summed E-state index contributed by atoms with van der Waals surface area (Å²) in [5.74, 6) is 2.27. The Labute approximate surface area is 296 Å². The first-order chi connectivity index (χ1) is 25.3. The van der Waals surface area contributed by atoms with Gasteiger partial charge in [-0.3, -0.25) is 0 Å². The van der Waals surface area contributed by atoms with E-state index in [4.69, 9.17) is 14.7 Å². The Balaban J connectivity index is 1.19. The molecular weight excluding hydrogens is 621 g/mol. The summed E-state index contributed by atoms with van der Waals surface area (Å²) in [6.45, 7) is 0. The lowest BCUT2D eigenvalue weighted by Gasteiger charge is -2.39. The predicted molar refractivity (Wildman–Crippen MR) is 206 cm³/mol. The van der Waals surface area contributed by atoms with Crippen LogP contribution in [0, 0.1) is 0 Å². The Morgan fingerprint density at radius 3 is 1.96 bits per heavy atom. The van der Waals surface area contributed by atoms with E-state index in [-0.39, 0.29) is 0 Å². The van der Waals surface area contributed by atoms with Crippen LogP contribution >= 0.6 is 0 Å². The van der Waals surface area contributed by atoms with Gasteiger partial charge in [-0.1, -0.05) is 140 Å². The maximum Gasteiger partial charge on any atom is 0.164 e. The Bertz CT molecular complexity index is 2720. The molecular formula is C48H30N2O. The summed E-state index contributed by atoms with van der Waals surface area (Å²) >= 11 is 0. The summed E-state index contributed by atoms with van der Waals surface area (Å²) < 4.78 is 7.00. The van der Waals surface area contributed by atoms with E-state index < -0.39 is 5.41 Å². The van der Waals surface area contributed by atoms with Crippen molar-refractivity contribution < 1.29 is 4.74 Å². The van der Waals surface area contributed by atoms with Gasteiger partial charge in [0.1, 0.15) is 11.5 Å². The van der Waals surface area contributed by atoms with Crippen molar-refractivity contribution in [1.29, 1.82) is 0 Å². The van der Waals surface area contributed by atoms with Gasteiger partial charge in [0.25, 0.3) is 0 Å². The molecule has 0 unspecified atom stereocenters. The number of benzene rings is 7. The van der Waals surface area contributed by atoms with Crippen LogP contribution in [0.5, 0.6) is 11.5 Å². The van der Waals surface area contributed by atoms with E-state index in [0.717, 1.165) is 57.1 Å². The van der Waals surface area contributed by atoms with Crippen molar-refractivity contribution in [3.05, 3.63) is 197 Å². The molecule has 3 aliphatic rings. The molecule has 1 spiro atoms. The lowest BCUT2D eigenvalue weighted by Crippen LogP contribution is -2.32. The highest BCUT2D eigenvalue weighted by Crippen LogP contribution is 2.63. The number of fused-ring (bicyclic) bond motifs is 9. The van der Waals surface area contributed by atoms with E-state index in [2.05, 4.69) is 164 Å². The van der Waals surface area contributed by atoms with Crippen molar-refractivity contribution in [2.45, 2.75) is 11.8 Å². The van der Waals surface area contributed by atoms with Gasteiger partial charge in [-0.25, -0.2) is 9.97 Å². The van der Waals surface area contributed by atoms with Crippen LogP contribution in [0.25, 0.3) is 61.9 Å². The zero-order valence-corrected chi connectivity index (χ0v) is 27.7. The number of aromatic nitrogens is 2. The molecule has 0 bridgehead atoms. The second-order valence-electron chi connectivity index (χ2n) is 13.6. The fraction of sp³-hybridized carbons (Fsp3) is 0.0417. The Morgan fingerprint density at radius 2 is 1.16 bits per heavy atom. The first kappa shape index (κ1) is 28.3. The summed E-state index contributed by atoms with van der Waals surface area (Å²) in [4.78, 5) is 10.7. The fourth-order valence-electron chi connectivity index (χ4n) is 8.83. The van der Waals surface area contributed by atoms with Crippen LogP contribution in [0.1, 0.15) is 33.4 Å². The van der Waals surface area contributed by atoms with Crippen LogP contribution in [-0.4, -0.2) is 9.97 Å². The van der Waals surface area contributed by atoms with Crippen molar-refractivity contribution in [2.75, 3.05) is 0 Å². The molecule has 0 fully saturated rings. The number of nitrogens with zero attached hydrogens (tertiary/aromatic N) is 2. The van der Waals surface area contributed by atoms with Crippen LogP contribution in [0.4, 0.5) is 0 Å².